The molecule has 2 fully saturated rings. The van der Waals surface area contributed by atoms with Crippen molar-refractivity contribution in [3.05, 3.63) is 0 Å². The fraction of sp³-hybridized carbons (Fsp3) is 1.00. The van der Waals surface area contributed by atoms with Gasteiger partial charge in [0.05, 0.1) is 0 Å². The zero-order valence-corrected chi connectivity index (χ0v) is 14.8. The average Bonchev–Trinajstić information content (AvgIpc) is 2.54. The van der Waals surface area contributed by atoms with E-state index in [9.17, 15) is 0 Å². The van der Waals surface area contributed by atoms with Crippen LogP contribution in [0.4, 0.5) is 0 Å². The Morgan fingerprint density at radius 3 is 2.48 bits per heavy atom. The number of piperazine rings is 1. The van der Waals surface area contributed by atoms with E-state index in [0.717, 1.165) is 12.0 Å². The van der Waals surface area contributed by atoms with Crippen molar-refractivity contribution in [3.8, 4) is 0 Å². The van der Waals surface area contributed by atoms with Crippen LogP contribution in [-0.2, 0) is 0 Å². The molecule has 2 atom stereocenters. The molecule has 2 aliphatic rings. The van der Waals surface area contributed by atoms with Gasteiger partial charge in [0.25, 0.3) is 0 Å². The minimum absolute atomic E-state index is 0.386. The molecule has 2 nitrogen and oxygen atoms in total. The van der Waals surface area contributed by atoms with Crippen LogP contribution in [0, 0.1) is 5.92 Å². The summed E-state index contributed by atoms with van der Waals surface area (Å²) >= 11 is 0. The second-order valence-electron chi connectivity index (χ2n) is 7.74. The smallest absolute Gasteiger partial charge is 0.0303 e. The molecule has 1 saturated heterocycles. The van der Waals surface area contributed by atoms with Crippen LogP contribution < -0.4 is 5.32 Å². The van der Waals surface area contributed by atoms with E-state index in [2.05, 4.69) is 31.0 Å². The maximum Gasteiger partial charge on any atom is 0.0303 e. The molecule has 0 radical (unpaired) electrons. The highest BCUT2D eigenvalue weighted by molar-refractivity contribution is 4.97. The molecule has 2 heteroatoms. The Labute approximate surface area is 133 Å². The van der Waals surface area contributed by atoms with Gasteiger partial charge in [-0.15, -0.1) is 0 Å². The van der Waals surface area contributed by atoms with Gasteiger partial charge >= 0.3 is 0 Å². The average molecular weight is 295 g/mol. The van der Waals surface area contributed by atoms with E-state index in [1.807, 2.05) is 0 Å². The molecular weight excluding hydrogens is 256 g/mol. The van der Waals surface area contributed by atoms with Gasteiger partial charge in [-0.05, 0) is 45.1 Å². The third-order valence-electron chi connectivity index (χ3n) is 6.19. The lowest BCUT2D eigenvalue weighted by molar-refractivity contribution is 0.0283. The predicted octanol–water partition coefficient (Wildman–Crippen LogP) is 4.59. The van der Waals surface area contributed by atoms with E-state index in [4.69, 9.17) is 0 Å². The molecule has 2 unspecified atom stereocenters. The largest absolute Gasteiger partial charge is 0.311 e. The first-order chi connectivity index (χ1) is 10.2. The molecule has 124 valence electrons. The molecule has 0 amide bonds. The van der Waals surface area contributed by atoms with Crippen LogP contribution in [0.2, 0.25) is 0 Å². The molecule has 0 aromatic heterocycles. The highest BCUT2D eigenvalue weighted by Gasteiger charge is 2.38. The first-order valence-corrected chi connectivity index (χ1v) is 9.68. The van der Waals surface area contributed by atoms with Gasteiger partial charge in [0.1, 0.15) is 0 Å². The molecule has 1 aliphatic carbocycles. The first kappa shape index (κ1) is 17.3. The zero-order chi connectivity index (χ0) is 15.1. The van der Waals surface area contributed by atoms with Gasteiger partial charge in [-0.3, -0.25) is 4.90 Å². The lowest BCUT2D eigenvalue weighted by Crippen LogP contribution is -2.64. The second-order valence-corrected chi connectivity index (χ2v) is 7.74. The number of hydrogen-bond acceptors (Lipinski definition) is 2. The maximum absolute atomic E-state index is 3.92. The number of nitrogens with one attached hydrogen (secondary N) is 1. The van der Waals surface area contributed by atoms with Crippen LogP contribution in [0.25, 0.3) is 0 Å². The van der Waals surface area contributed by atoms with Crippen molar-refractivity contribution >= 4 is 0 Å². The number of hydrogen-bond donors (Lipinski definition) is 1. The summed E-state index contributed by atoms with van der Waals surface area (Å²) in [6.45, 7) is 10.9. The van der Waals surface area contributed by atoms with Gasteiger partial charge in [0.15, 0.2) is 0 Å². The lowest BCUT2D eigenvalue weighted by Gasteiger charge is -2.50. The monoisotopic (exact) mass is 294 g/mol. The van der Waals surface area contributed by atoms with Gasteiger partial charge in [0.2, 0.25) is 0 Å². The van der Waals surface area contributed by atoms with E-state index in [0.29, 0.717) is 5.54 Å². The molecule has 1 saturated carbocycles. The molecule has 0 aromatic rings. The minimum Gasteiger partial charge on any atom is -0.311 e. The topological polar surface area (TPSA) is 15.3 Å². The number of nitrogens with zero attached hydrogens (tertiary/aromatic N) is 1. The molecule has 0 spiro atoms. The summed E-state index contributed by atoms with van der Waals surface area (Å²) in [5.41, 5.74) is 0.386. The third-order valence-corrected chi connectivity index (χ3v) is 6.19. The Kier molecular flexibility index (Phi) is 7.01. The molecule has 1 N–H and O–H groups in total. The quantitative estimate of drug-likeness (QED) is 0.691. The van der Waals surface area contributed by atoms with Gasteiger partial charge in [0, 0.05) is 24.7 Å². The van der Waals surface area contributed by atoms with Crippen LogP contribution >= 0.6 is 0 Å². The Morgan fingerprint density at radius 1 is 1.05 bits per heavy atom. The molecular formula is C19H38N2. The number of rotatable bonds is 7. The van der Waals surface area contributed by atoms with Crippen molar-refractivity contribution in [2.75, 3.05) is 19.6 Å². The van der Waals surface area contributed by atoms with Gasteiger partial charge in [-0.1, -0.05) is 52.4 Å². The van der Waals surface area contributed by atoms with Crippen molar-refractivity contribution in [1.29, 1.82) is 0 Å². The van der Waals surface area contributed by atoms with E-state index in [1.165, 1.54) is 83.8 Å². The lowest BCUT2D eigenvalue weighted by atomic mass is 9.80. The Morgan fingerprint density at radius 2 is 1.81 bits per heavy atom. The summed E-state index contributed by atoms with van der Waals surface area (Å²) in [5.74, 6) is 0.943. The standard InChI is InChI=1S/C19H38N2/c1-4-6-7-11-14-21-15-18(17-12-9-8-10-13-17)20-16-19(21,3)5-2/h17-18,20H,4-16H2,1-3H3. The molecule has 2 rings (SSSR count). The van der Waals surface area contributed by atoms with E-state index < -0.39 is 0 Å². The zero-order valence-electron chi connectivity index (χ0n) is 14.8. The number of unbranched alkanes of at least 4 members (excludes halogenated alkanes) is 3. The molecule has 1 heterocycles. The van der Waals surface area contributed by atoms with Crippen molar-refractivity contribution in [2.45, 2.75) is 96.6 Å². The summed E-state index contributed by atoms with van der Waals surface area (Å²) in [6, 6.07) is 0.760. The fourth-order valence-corrected chi connectivity index (χ4v) is 4.28. The molecule has 0 bridgehead atoms. The molecule has 0 aromatic carbocycles. The van der Waals surface area contributed by atoms with Crippen molar-refractivity contribution in [3.63, 3.8) is 0 Å². The fourth-order valence-electron chi connectivity index (χ4n) is 4.28. The summed E-state index contributed by atoms with van der Waals surface area (Å²) in [6.07, 6.45) is 14.1. The van der Waals surface area contributed by atoms with E-state index >= 15 is 0 Å². The highest BCUT2D eigenvalue weighted by atomic mass is 15.3. The Bertz CT molecular complexity index is 285. The molecule has 1 aliphatic heterocycles. The summed E-state index contributed by atoms with van der Waals surface area (Å²) in [7, 11) is 0. The minimum atomic E-state index is 0.386. The third kappa shape index (κ3) is 4.69. The van der Waals surface area contributed by atoms with E-state index in [-0.39, 0.29) is 0 Å². The first-order valence-electron chi connectivity index (χ1n) is 9.68. The normalized spacial score (nSPS) is 32.4. The van der Waals surface area contributed by atoms with Gasteiger partial charge in [-0.2, -0.15) is 0 Å². The maximum atomic E-state index is 3.92. The van der Waals surface area contributed by atoms with Crippen LogP contribution in [0.5, 0.6) is 0 Å². The highest BCUT2D eigenvalue weighted by Crippen LogP contribution is 2.31. The van der Waals surface area contributed by atoms with Gasteiger partial charge < -0.3 is 5.32 Å². The second kappa shape index (κ2) is 8.53. The summed E-state index contributed by atoms with van der Waals surface area (Å²) in [4.78, 5) is 2.83. The Balaban J connectivity index is 1.88. The summed E-state index contributed by atoms with van der Waals surface area (Å²) in [5, 5.41) is 3.92. The SMILES string of the molecule is CCCCCCN1CC(C2CCCCC2)NCC1(C)CC. The predicted molar refractivity (Wildman–Crippen MR) is 92.8 cm³/mol. The van der Waals surface area contributed by atoms with Crippen LogP contribution in [0.3, 0.4) is 0 Å². The Hall–Kier alpha value is -0.0800. The van der Waals surface area contributed by atoms with E-state index in [1.54, 1.807) is 0 Å². The summed E-state index contributed by atoms with van der Waals surface area (Å²) < 4.78 is 0. The van der Waals surface area contributed by atoms with Crippen LogP contribution in [0.15, 0.2) is 0 Å². The van der Waals surface area contributed by atoms with Crippen LogP contribution in [0.1, 0.15) is 85.0 Å². The van der Waals surface area contributed by atoms with Crippen molar-refractivity contribution < 1.29 is 0 Å². The van der Waals surface area contributed by atoms with Crippen molar-refractivity contribution in [1.82, 2.24) is 10.2 Å². The van der Waals surface area contributed by atoms with Crippen LogP contribution in [-0.4, -0.2) is 36.1 Å². The van der Waals surface area contributed by atoms with Crippen molar-refractivity contribution in [2.24, 2.45) is 5.92 Å². The molecule has 21 heavy (non-hydrogen) atoms. The van der Waals surface area contributed by atoms with Gasteiger partial charge in [-0.25, -0.2) is 0 Å².